The summed E-state index contributed by atoms with van der Waals surface area (Å²) >= 11 is 2.78. The van der Waals surface area contributed by atoms with E-state index in [0.717, 1.165) is 35.7 Å². The van der Waals surface area contributed by atoms with Crippen molar-refractivity contribution in [2.24, 2.45) is 0 Å². The zero-order valence-electron chi connectivity index (χ0n) is 18.1. The summed E-state index contributed by atoms with van der Waals surface area (Å²) in [5, 5.41) is 5.19. The van der Waals surface area contributed by atoms with E-state index < -0.39 is 11.9 Å². The van der Waals surface area contributed by atoms with Gasteiger partial charge in [-0.25, -0.2) is 4.79 Å². The maximum atomic E-state index is 12.7. The fourth-order valence-electron chi connectivity index (χ4n) is 3.48. The van der Waals surface area contributed by atoms with Crippen molar-refractivity contribution in [3.63, 3.8) is 0 Å². The Balaban J connectivity index is 1.33. The number of Topliss-reactive ketones (excluding diaryl/α,β-unsaturated/α-hetero) is 1. The van der Waals surface area contributed by atoms with Crippen molar-refractivity contribution in [2.45, 2.75) is 26.8 Å². The topological polar surface area (TPSA) is 90.5 Å². The Labute approximate surface area is 198 Å². The summed E-state index contributed by atoms with van der Waals surface area (Å²) in [5.74, 6) is -1.10. The van der Waals surface area contributed by atoms with Gasteiger partial charge in [0.2, 0.25) is 5.78 Å². The lowest BCUT2D eigenvalue weighted by Crippen LogP contribution is -2.14. The number of esters is 1. The van der Waals surface area contributed by atoms with Crippen LogP contribution in [0.3, 0.4) is 0 Å². The molecule has 9 heteroatoms. The second-order valence-electron chi connectivity index (χ2n) is 7.36. The Morgan fingerprint density at radius 2 is 1.97 bits per heavy atom. The maximum Gasteiger partial charge on any atom is 0.348 e. The first-order valence-corrected chi connectivity index (χ1v) is 12.0. The van der Waals surface area contributed by atoms with Crippen molar-refractivity contribution >= 4 is 45.3 Å². The van der Waals surface area contributed by atoms with Crippen LogP contribution in [-0.2, 0) is 17.7 Å². The van der Waals surface area contributed by atoms with Crippen molar-refractivity contribution < 1.29 is 23.5 Å². The van der Waals surface area contributed by atoms with Crippen LogP contribution in [0, 0.1) is 13.8 Å². The third kappa shape index (κ3) is 5.32. The molecular weight excluding hydrogens is 460 g/mol. The third-order valence-electron chi connectivity index (χ3n) is 5.16. The molecule has 0 unspecified atom stereocenters. The van der Waals surface area contributed by atoms with E-state index in [0.29, 0.717) is 15.4 Å². The Kier molecular flexibility index (Phi) is 6.90. The standard InChI is InChI=1S/C24H22N2O5S2/c1-15-13-18(16(2)26(15)10-9-17-5-4-12-32-17)19(27)14-31-24(29)21-7-8-22(33-21)25-23(28)20-6-3-11-30-20/h3-8,11-13H,9-10,14H2,1-2H3,(H,25,28). The van der Waals surface area contributed by atoms with Crippen LogP contribution in [-0.4, -0.2) is 28.8 Å². The summed E-state index contributed by atoms with van der Waals surface area (Å²) < 4.78 is 12.4. The number of ketones is 1. The maximum absolute atomic E-state index is 12.7. The number of carbonyl (C=O) groups excluding carboxylic acids is 3. The molecule has 0 saturated heterocycles. The number of anilines is 1. The molecule has 170 valence electrons. The molecule has 0 saturated carbocycles. The van der Waals surface area contributed by atoms with E-state index in [1.165, 1.54) is 11.1 Å². The van der Waals surface area contributed by atoms with E-state index in [2.05, 4.69) is 21.3 Å². The van der Waals surface area contributed by atoms with Crippen LogP contribution >= 0.6 is 22.7 Å². The Morgan fingerprint density at radius 1 is 1.12 bits per heavy atom. The lowest BCUT2D eigenvalue weighted by Gasteiger charge is -2.09. The number of aryl methyl sites for hydroxylation is 2. The number of rotatable bonds is 9. The van der Waals surface area contributed by atoms with Gasteiger partial charge in [0, 0.05) is 28.4 Å². The van der Waals surface area contributed by atoms with E-state index in [1.807, 2.05) is 26.0 Å². The number of hydrogen-bond acceptors (Lipinski definition) is 7. The predicted molar refractivity (Wildman–Crippen MR) is 128 cm³/mol. The number of carbonyl (C=O) groups is 3. The van der Waals surface area contributed by atoms with Crippen molar-refractivity contribution in [1.29, 1.82) is 0 Å². The molecule has 1 amide bonds. The quantitative estimate of drug-likeness (QED) is 0.256. The average molecular weight is 483 g/mol. The second-order valence-corrected chi connectivity index (χ2v) is 9.48. The molecule has 1 N–H and O–H groups in total. The van der Waals surface area contributed by atoms with E-state index in [-0.39, 0.29) is 18.2 Å². The van der Waals surface area contributed by atoms with E-state index in [4.69, 9.17) is 9.15 Å². The molecule has 0 radical (unpaired) electrons. The van der Waals surface area contributed by atoms with Gasteiger partial charge in [-0.3, -0.25) is 9.59 Å². The van der Waals surface area contributed by atoms with Crippen molar-refractivity contribution in [2.75, 3.05) is 11.9 Å². The summed E-state index contributed by atoms with van der Waals surface area (Å²) in [6.07, 6.45) is 2.30. The fourth-order valence-corrected chi connectivity index (χ4v) is 4.97. The van der Waals surface area contributed by atoms with E-state index in [9.17, 15) is 14.4 Å². The number of hydrogen-bond donors (Lipinski definition) is 1. The van der Waals surface area contributed by atoms with E-state index >= 15 is 0 Å². The normalized spacial score (nSPS) is 10.8. The van der Waals surface area contributed by atoms with Crippen LogP contribution in [0.1, 0.15) is 46.8 Å². The molecule has 4 aromatic rings. The number of nitrogens with one attached hydrogen (secondary N) is 1. The minimum absolute atomic E-state index is 0.172. The highest BCUT2D eigenvalue weighted by atomic mass is 32.1. The summed E-state index contributed by atoms with van der Waals surface area (Å²) in [5.41, 5.74) is 2.42. The lowest BCUT2D eigenvalue weighted by molar-refractivity contribution is 0.0479. The highest BCUT2D eigenvalue weighted by Gasteiger charge is 2.19. The molecule has 4 heterocycles. The van der Waals surface area contributed by atoms with Gasteiger partial charge in [-0.1, -0.05) is 6.07 Å². The number of aromatic nitrogens is 1. The smallest absolute Gasteiger partial charge is 0.348 e. The molecule has 0 aliphatic heterocycles. The van der Waals surface area contributed by atoms with Gasteiger partial charge in [0.1, 0.15) is 4.88 Å². The molecule has 0 atom stereocenters. The first kappa shape index (κ1) is 22.8. The molecule has 0 bridgehead atoms. The van der Waals surface area contributed by atoms with E-state index in [1.54, 1.807) is 35.6 Å². The zero-order valence-corrected chi connectivity index (χ0v) is 19.8. The number of thiophene rings is 2. The van der Waals surface area contributed by atoms with Gasteiger partial charge in [0.05, 0.1) is 11.3 Å². The molecule has 0 fully saturated rings. The molecule has 0 spiro atoms. The minimum atomic E-state index is -0.613. The fraction of sp³-hybridized carbons (Fsp3) is 0.208. The van der Waals surface area contributed by atoms with Gasteiger partial charge in [-0.15, -0.1) is 22.7 Å². The zero-order chi connectivity index (χ0) is 23.4. The highest BCUT2D eigenvalue weighted by Crippen LogP contribution is 2.24. The lowest BCUT2D eigenvalue weighted by atomic mass is 10.1. The Hall–Kier alpha value is -3.43. The second kappa shape index (κ2) is 10.0. The number of ether oxygens (including phenoxy) is 1. The molecule has 4 aromatic heterocycles. The van der Waals surface area contributed by atoms with Crippen molar-refractivity contribution in [3.05, 3.63) is 86.6 Å². The molecule has 33 heavy (non-hydrogen) atoms. The summed E-state index contributed by atoms with van der Waals surface area (Å²) in [6.45, 7) is 4.31. The molecule has 4 rings (SSSR count). The average Bonchev–Trinajstić information content (AvgIpc) is 3.59. The third-order valence-corrected chi connectivity index (χ3v) is 7.08. The van der Waals surface area contributed by atoms with Crippen LogP contribution in [0.5, 0.6) is 0 Å². The Morgan fingerprint density at radius 3 is 2.70 bits per heavy atom. The number of furan rings is 1. The molecule has 0 aromatic carbocycles. The van der Waals surface area contributed by atoms with Gasteiger partial charge in [0.15, 0.2) is 12.4 Å². The van der Waals surface area contributed by atoms with Crippen LogP contribution in [0.25, 0.3) is 0 Å². The minimum Gasteiger partial charge on any atom is -0.459 e. The molecular formula is C24H22N2O5S2. The summed E-state index contributed by atoms with van der Waals surface area (Å²) in [7, 11) is 0. The Bertz CT molecular complexity index is 1270. The molecule has 7 nitrogen and oxygen atoms in total. The van der Waals surface area contributed by atoms with Crippen molar-refractivity contribution in [1.82, 2.24) is 4.57 Å². The van der Waals surface area contributed by atoms with Crippen LogP contribution in [0.4, 0.5) is 5.00 Å². The van der Waals surface area contributed by atoms with Crippen molar-refractivity contribution in [3.8, 4) is 0 Å². The number of nitrogens with zero attached hydrogens (tertiary/aromatic N) is 1. The van der Waals surface area contributed by atoms with Gasteiger partial charge in [0.25, 0.3) is 5.91 Å². The van der Waals surface area contributed by atoms with Crippen LogP contribution < -0.4 is 5.32 Å². The number of amides is 1. The van der Waals surface area contributed by atoms with Crippen LogP contribution in [0.15, 0.2) is 58.5 Å². The first-order valence-electron chi connectivity index (χ1n) is 10.3. The molecule has 0 aliphatic rings. The monoisotopic (exact) mass is 482 g/mol. The summed E-state index contributed by atoms with van der Waals surface area (Å²) in [6, 6.07) is 12.3. The largest absolute Gasteiger partial charge is 0.459 e. The van der Waals surface area contributed by atoms with Gasteiger partial charge in [-0.05, 0) is 62.0 Å². The SMILES string of the molecule is Cc1cc(C(=O)COC(=O)c2ccc(NC(=O)c3ccco3)s2)c(C)n1CCc1cccs1. The first-order chi connectivity index (χ1) is 15.9. The highest BCUT2D eigenvalue weighted by molar-refractivity contribution is 7.18. The van der Waals surface area contributed by atoms with Gasteiger partial charge in [-0.2, -0.15) is 0 Å². The molecule has 0 aliphatic carbocycles. The van der Waals surface area contributed by atoms with Gasteiger partial charge >= 0.3 is 5.97 Å². The van der Waals surface area contributed by atoms with Gasteiger partial charge < -0.3 is 19.0 Å². The van der Waals surface area contributed by atoms with Crippen LogP contribution in [0.2, 0.25) is 0 Å². The predicted octanol–water partition coefficient (Wildman–Crippen LogP) is 5.36. The summed E-state index contributed by atoms with van der Waals surface area (Å²) in [4.78, 5) is 38.8.